The minimum atomic E-state index is -0.724. The first-order chi connectivity index (χ1) is 7.54. The average Bonchev–Trinajstić information content (AvgIpc) is 2.25. The number of aromatic hydroxyl groups is 1. The van der Waals surface area contributed by atoms with Crippen LogP contribution in [-0.2, 0) is 5.54 Å². The fraction of sp³-hybridized carbons (Fsp3) is 0.500. The predicted molar refractivity (Wildman–Crippen MR) is 62.0 cm³/mol. The number of hydrogen-bond acceptors (Lipinski definition) is 2. The van der Waals surface area contributed by atoms with Crippen molar-refractivity contribution in [1.82, 2.24) is 0 Å². The zero-order valence-electron chi connectivity index (χ0n) is 8.97. The first-order valence-electron chi connectivity index (χ1n) is 5.51. The summed E-state index contributed by atoms with van der Waals surface area (Å²) in [5, 5.41) is 9.58. The normalized spacial score (nSPS) is 19.7. The van der Waals surface area contributed by atoms with Gasteiger partial charge in [-0.3, -0.25) is 0 Å². The summed E-state index contributed by atoms with van der Waals surface area (Å²) < 4.78 is 13.8. The summed E-state index contributed by atoms with van der Waals surface area (Å²) >= 11 is 5.95. The van der Waals surface area contributed by atoms with Crippen molar-refractivity contribution in [2.45, 2.75) is 37.6 Å². The summed E-state index contributed by atoms with van der Waals surface area (Å²) in [6, 6.07) is 2.48. The summed E-state index contributed by atoms with van der Waals surface area (Å²) in [4.78, 5) is 0. The zero-order valence-corrected chi connectivity index (χ0v) is 9.73. The van der Waals surface area contributed by atoms with Gasteiger partial charge in [0.25, 0.3) is 0 Å². The van der Waals surface area contributed by atoms with Crippen LogP contribution in [0.4, 0.5) is 4.39 Å². The van der Waals surface area contributed by atoms with E-state index in [9.17, 15) is 9.50 Å². The van der Waals surface area contributed by atoms with Crippen molar-refractivity contribution in [3.63, 3.8) is 0 Å². The highest BCUT2D eigenvalue weighted by Gasteiger charge is 2.34. The molecular formula is C12H15ClFNO. The lowest BCUT2D eigenvalue weighted by Crippen LogP contribution is -2.39. The molecule has 0 spiro atoms. The molecule has 0 aliphatic heterocycles. The highest BCUT2D eigenvalue weighted by Crippen LogP contribution is 2.42. The molecule has 1 aromatic carbocycles. The fourth-order valence-electron chi connectivity index (χ4n) is 2.43. The molecule has 1 fully saturated rings. The van der Waals surface area contributed by atoms with Crippen molar-refractivity contribution in [3.8, 4) is 5.75 Å². The molecule has 0 aromatic heterocycles. The smallest absolute Gasteiger partial charge is 0.134 e. The van der Waals surface area contributed by atoms with Gasteiger partial charge in [-0.05, 0) is 25.0 Å². The molecule has 16 heavy (non-hydrogen) atoms. The van der Waals surface area contributed by atoms with Crippen LogP contribution in [0.5, 0.6) is 5.75 Å². The summed E-state index contributed by atoms with van der Waals surface area (Å²) in [5.41, 5.74) is 5.76. The van der Waals surface area contributed by atoms with E-state index in [1.165, 1.54) is 12.1 Å². The van der Waals surface area contributed by atoms with Crippen LogP contribution < -0.4 is 5.73 Å². The molecule has 1 saturated carbocycles. The Balaban J connectivity index is 2.49. The standard InChI is InChI=1S/C12H15ClFNO/c13-11-9(16)5-4-8(14)10(11)12(15)6-2-1-3-7-12/h4-5,16H,1-3,6-7,15H2. The molecule has 4 heteroatoms. The number of benzene rings is 1. The maximum atomic E-state index is 13.8. The molecule has 0 bridgehead atoms. The van der Waals surface area contributed by atoms with Crippen LogP contribution in [0.3, 0.4) is 0 Å². The van der Waals surface area contributed by atoms with Crippen molar-refractivity contribution in [2.24, 2.45) is 5.73 Å². The third-order valence-corrected chi connectivity index (χ3v) is 3.70. The van der Waals surface area contributed by atoms with E-state index in [1.807, 2.05) is 0 Å². The second kappa shape index (κ2) is 4.22. The maximum absolute atomic E-state index is 13.8. The van der Waals surface area contributed by atoms with E-state index in [4.69, 9.17) is 17.3 Å². The first kappa shape index (κ1) is 11.7. The van der Waals surface area contributed by atoms with Gasteiger partial charge in [0.1, 0.15) is 11.6 Å². The lowest BCUT2D eigenvalue weighted by molar-refractivity contribution is 0.292. The Labute approximate surface area is 99.2 Å². The highest BCUT2D eigenvalue weighted by molar-refractivity contribution is 6.32. The van der Waals surface area contributed by atoms with Gasteiger partial charge in [0.05, 0.1) is 5.02 Å². The Morgan fingerprint density at radius 3 is 2.50 bits per heavy atom. The molecule has 1 aliphatic carbocycles. The van der Waals surface area contributed by atoms with E-state index in [0.717, 1.165) is 19.3 Å². The SMILES string of the molecule is NC1(c2c(F)ccc(O)c2Cl)CCCCC1. The number of hydrogen-bond donors (Lipinski definition) is 2. The summed E-state index contributed by atoms with van der Waals surface area (Å²) in [6.07, 6.45) is 4.50. The van der Waals surface area contributed by atoms with Crippen LogP contribution in [0.1, 0.15) is 37.7 Å². The minimum absolute atomic E-state index is 0.0596. The van der Waals surface area contributed by atoms with E-state index in [2.05, 4.69) is 0 Å². The highest BCUT2D eigenvalue weighted by atomic mass is 35.5. The molecule has 0 heterocycles. The zero-order chi connectivity index (χ0) is 11.8. The summed E-state index contributed by atoms with van der Waals surface area (Å²) in [7, 11) is 0. The fourth-order valence-corrected chi connectivity index (χ4v) is 2.77. The van der Waals surface area contributed by atoms with Crippen molar-refractivity contribution in [1.29, 1.82) is 0 Å². The van der Waals surface area contributed by atoms with Gasteiger partial charge in [0, 0.05) is 11.1 Å². The number of phenolic OH excluding ortho intramolecular Hbond substituents is 1. The third kappa shape index (κ3) is 1.89. The van der Waals surface area contributed by atoms with Gasteiger partial charge in [-0.15, -0.1) is 0 Å². The molecule has 3 N–H and O–H groups in total. The number of phenols is 1. The Hall–Kier alpha value is -0.800. The molecule has 2 nitrogen and oxygen atoms in total. The topological polar surface area (TPSA) is 46.2 Å². The number of nitrogens with two attached hydrogens (primary N) is 1. The van der Waals surface area contributed by atoms with Crippen molar-refractivity contribution < 1.29 is 9.50 Å². The van der Waals surface area contributed by atoms with Gasteiger partial charge in [-0.1, -0.05) is 30.9 Å². The molecule has 0 radical (unpaired) electrons. The van der Waals surface area contributed by atoms with E-state index >= 15 is 0 Å². The molecule has 0 unspecified atom stereocenters. The van der Waals surface area contributed by atoms with Gasteiger partial charge in [0.2, 0.25) is 0 Å². The molecule has 88 valence electrons. The second-order valence-corrected chi connectivity index (χ2v) is 4.85. The Bertz CT molecular complexity index is 402. The van der Waals surface area contributed by atoms with Crippen LogP contribution >= 0.6 is 11.6 Å². The Morgan fingerprint density at radius 2 is 1.88 bits per heavy atom. The average molecular weight is 244 g/mol. The van der Waals surface area contributed by atoms with Gasteiger partial charge in [-0.2, -0.15) is 0 Å². The van der Waals surface area contributed by atoms with Gasteiger partial charge < -0.3 is 10.8 Å². The van der Waals surface area contributed by atoms with Gasteiger partial charge in [0.15, 0.2) is 0 Å². The molecule has 0 atom stereocenters. The molecular weight excluding hydrogens is 229 g/mol. The monoisotopic (exact) mass is 243 g/mol. The van der Waals surface area contributed by atoms with Crippen LogP contribution in [0.2, 0.25) is 5.02 Å². The lowest BCUT2D eigenvalue weighted by Gasteiger charge is -2.34. The number of halogens is 2. The van der Waals surface area contributed by atoms with Crippen LogP contribution in [0.15, 0.2) is 12.1 Å². The van der Waals surface area contributed by atoms with Crippen molar-refractivity contribution in [2.75, 3.05) is 0 Å². The Kier molecular flexibility index (Phi) is 3.08. The van der Waals surface area contributed by atoms with Crippen LogP contribution in [0.25, 0.3) is 0 Å². The lowest BCUT2D eigenvalue weighted by atomic mass is 9.77. The van der Waals surface area contributed by atoms with Crippen molar-refractivity contribution >= 4 is 11.6 Å². The van der Waals surface area contributed by atoms with E-state index in [1.54, 1.807) is 0 Å². The molecule has 0 amide bonds. The number of rotatable bonds is 1. The largest absolute Gasteiger partial charge is 0.506 e. The van der Waals surface area contributed by atoms with E-state index < -0.39 is 11.4 Å². The molecule has 2 rings (SSSR count). The minimum Gasteiger partial charge on any atom is -0.506 e. The second-order valence-electron chi connectivity index (χ2n) is 4.47. The van der Waals surface area contributed by atoms with Crippen LogP contribution in [0, 0.1) is 5.82 Å². The molecule has 1 aromatic rings. The third-order valence-electron chi connectivity index (χ3n) is 3.31. The summed E-state index contributed by atoms with van der Waals surface area (Å²) in [5.74, 6) is -0.527. The maximum Gasteiger partial charge on any atom is 0.134 e. The van der Waals surface area contributed by atoms with Gasteiger partial charge >= 0.3 is 0 Å². The van der Waals surface area contributed by atoms with Gasteiger partial charge in [-0.25, -0.2) is 4.39 Å². The molecule has 1 aliphatic rings. The van der Waals surface area contributed by atoms with E-state index in [0.29, 0.717) is 12.8 Å². The quantitative estimate of drug-likeness (QED) is 0.795. The molecule has 0 saturated heterocycles. The first-order valence-corrected chi connectivity index (χ1v) is 5.89. The van der Waals surface area contributed by atoms with Crippen molar-refractivity contribution in [3.05, 3.63) is 28.5 Å². The summed E-state index contributed by atoms with van der Waals surface area (Å²) in [6.45, 7) is 0. The van der Waals surface area contributed by atoms with E-state index in [-0.39, 0.29) is 16.3 Å². The Morgan fingerprint density at radius 1 is 1.25 bits per heavy atom. The van der Waals surface area contributed by atoms with Crippen LogP contribution in [-0.4, -0.2) is 5.11 Å². The predicted octanol–water partition coefficient (Wildman–Crippen LogP) is 3.30.